The molecule has 0 amide bonds. The molecule has 11 rings (SSSR count). The fraction of sp³-hybridized carbons (Fsp3) is 0.148. The van der Waals surface area contributed by atoms with Gasteiger partial charge in [-0.15, -0.1) is 59.2 Å². The van der Waals surface area contributed by atoms with Gasteiger partial charge in [-0.2, -0.15) is 5.10 Å². The van der Waals surface area contributed by atoms with Crippen LogP contribution in [0.3, 0.4) is 0 Å². The van der Waals surface area contributed by atoms with Crippen LogP contribution < -0.4 is 5.19 Å². The van der Waals surface area contributed by atoms with Crippen LogP contribution in [0.5, 0.6) is 0 Å². The zero-order valence-electron chi connectivity index (χ0n) is 40.0. The molecule has 0 N–H and O–H groups in total. The number of rotatable bonds is 9. The number of hydrogen-bond donors (Lipinski definition) is 0. The summed E-state index contributed by atoms with van der Waals surface area (Å²) < 4.78 is 8.99. The fourth-order valence-corrected chi connectivity index (χ4v) is 9.98. The Balaban J connectivity index is 0.000000296. The second-order valence-corrected chi connectivity index (χ2v) is 24.1. The molecule has 0 fully saturated rings. The minimum absolute atomic E-state index is 0. The second-order valence-electron chi connectivity index (χ2n) is 19.0. The first kappa shape index (κ1) is 47.0. The molecule has 0 aliphatic carbocycles. The summed E-state index contributed by atoms with van der Waals surface area (Å²) in [5.41, 5.74) is 16.4. The molecule has 0 aliphatic rings. The molecule has 1 radical (unpaired) electrons. The molecule has 0 saturated carbocycles. The smallest absolute Gasteiger partial charge is 0.178 e. The molecule has 4 aromatic heterocycles. The summed E-state index contributed by atoms with van der Waals surface area (Å²) in [7, 11) is -1.23. The molecule has 0 spiro atoms. The van der Waals surface area contributed by atoms with Crippen molar-refractivity contribution in [2.24, 2.45) is 0 Å². The van der Waals surface area contributed by atoms with Gasteiger partial charge in [0.2, 0.25) is 0 Å². The summed E-state index contributed by atoms with van der Waals surface area (Å²) >= 11 is 0. The molecule has 343 valence electrons. The van der Waals surface area contributed by atoms with E-state index >= 15 is 0 Å². The first-order valence-corrected chi connectivity index (χ1v) is 26.9. The third-order valence-electron chi connectivity index (χ3n) is 12.7. The molecule has 0 unspecified atom stereocenters. The van der Waals surface area contributed by atoms with Crippen LogP contribution in [0.4, 0.5) is 0 Å². The van der Waals surface area contributed by atoms with Crippen LogP contribution in [-0.4, -0.2) is 32.8 Å². The summed E-state index contributed by atoms with van der Waals surface area (Å²) in [6.45, 7) is 16.0. The first-order chi connectivity index (χ1) is 33.0. The van der Waals surface area contributed by atoms with Gasteiger partial charge in [-0.1, -0.05) is 167 Å². The Morgan fingerprint density at radius 3 is 1.81 bits per heavy atom. The van der Waals surface area contributed by atoms with Crippen molar-refractivity contribution in [2.75, 3.05) is 0 Å². The Hall–Kier alpha value is -7.09. The molecular weight excluding hydrogens is 1040 g/mol. The van der Waals surface area contributed by atoms with Crippen molar-refractivity contribution in [2.45, 2.75) is 59.2 Å². The Morgan fingerprint density at radius 2 is 1.20 bits per heavy atom. The molecular formula is C61H53IrN5OSi-2. The van der Waals surface area contributed by atoms with Crippen molar-refractivity contribution in [1.82, 2.24) is 24.7 Å². The van der Waals surface area contributed by atoms with Gasteiger partial charge in [-0.05, 0) is 91.5 Å². The molecule has 8 heteroatoms. The Labute approximate surface area is 419 Å². The summed E-state index contributed by atoms with van der Waals surface area (Å²) in [6.07, 6.45) is 3.72. The molecule has 0 aliphatic heterocycles. The molecule has 4 heterocycles. The number of fused-ring (bicyclic) bond motifs is 4. The molecule has 69 heavy (non-hydrogen) atoms. The maximum absolute atomic E-state index is 6.79. The predicted octanol–water partition coefficient (Wildman–Crippen LogP) is 15.5. The summed E-state index contributed by atoms with van der Waals surface area (Å²) in [5, 5.41) is 12.5. The van der Waals surface area contributed by atoms with Gasteiger partial charge in [0.1, 0.15) is 11.1 Å². The number of benzene rings is 7. The Morgan fingerprint density at radius 1 is 0.580 bits per heavy atom. The second kappa shape index (κ2) is 19.9. The Bertz CT molecular complexity index is 3500. The van der Waals surface area contributed by atoms with Gasteiger partial charge >= 0.3 is 0 Å². The standard InChI is InChI=1S/C47H37N4O.C14H16NSi.Ir/c1-29(2)40-26-36(32-14-9-6-10-15-32)27-41(30(3)4)44(40)51-46(49-42-24-25-48-50-47(42)51)39-17-11-16-38-37-23-22-35(28-43(37)52-45(38)39)34-20-18-33(19-21-34)31-12-7-5-8-13-31;1-16(2,3)13-9-10-14(15-11-13)12-7-5-4-6-8-12;/h5-16,18-30H,1-4H3;4-7,9-11H,1-3H3;/q2*-1;. The van der Waals surface area contributed by atoms with Gasteiger partial charge in [0.25, 0.3) is 0 Å². The van der Waals surface area contributed by atoms with E-state index in [1.54, 1.807) is 6.20 Å². The van der Waals surface area contributed by atoms with Gasteiger partial charge in [0.05, 0.1) is 25.7 Å². The molecule has 11 aromatic rings. The average Bonchev–Trinajstić information content (AvgIpc) is 3.95. The molecule has 0 saturated heterocycles. The quantitative estimate of drug-likeness (QED) is 0.106. The SMILES string of the molecule is CC(C)c1cc(-c2ccccc2)cc(C(C)C)c1-n1c(-c2[c-]ccc3c2oc2cc(-c4ccc(-c5ccccc5)cc4)ccc23)nc2ccnnc21.C[Si](C)(C)c1ccc(-c2[c-]cccc2)nc1.[Ir]. The third-order valence-corrected chi connectivity index (χ3v) is 14.7. The van der Waals surface area contributed by atoms with Crippen molar-refractivity contribution < 1.29 is 24.5 Å². The van der Waals surface area contributed by atoms with Crippen molar-refractivity contribution in [3.05, 3.63) is 206 Å². The van der Waals surface area contributed by atoms with Crippen molar-refractivity contribution in [1.29, 1.82) is 0 Å². The topological polar surface area (TPSA) is 69.6 Å². The maximum atomic E-state index is 6.79. The van der Waals surface area contributed by atoms with Gasteiger partial charge in [0.15, 0.2) is 5.65 Å². The minimum Gasteiger partial charge on any atom is -0.501 e. The van der Waals surface area contributed by atoms with E-state index in [2.05, 4.69) is 207 Å². The van der Waals surface area contributed by atoms with E-state index in [9.17, 15) is 0 Å². The number of pyridine rings is 1. The fourth-order valence-electron chi connectivity index (χ4n) is 8.95. The zero-order chi connectivity index (χ0) is 46.9. The maximum Gasteiger partial charge on any atom is 0.178 e. The van der Waals surface area contributed by atoms with Gasteiger partial charge in [-0.3, -0.25) is 4.98 Å². The van der Waals surface area contributed by atoms with E-state index in [4.69, 9.17) is 9.40 Å². The molecule has 0 atom stereocenters. The van der Waals surface area contributed by atoms with Crippen LogP contribution in [0.1, 0.15) is 50.7 Å². The van der Waals surface area contributed by atoms with Crippen LogP contribution in [0.25, 0.3) is 94.8 Å². The summed E-state index contributed by atoms with van der Waals surface area (Å²) in [4.78, 5) is 9.75. The van der Waals surface area contributed by atoms with Crippen LogP contribution in [-0.2, 0) is 20.1 Å². The number of nitrogens with zero attached hydrogens (tertiary/aromatic N) is 5. The van der Waals surface area contributed by atoms with E-state index in [0.717, 1.165) is 66.9 Å². The van der Waals surface area contributed by atoms with Crippen molar-refractivity contribution >= 4 is 46.4 Å². The number of furan rings is 1. The van der Waals surface area contributed by atoms with Crippen LogP contribution in [0, 0.1) is 12.1 Å². The van der Waals surface area contributed by atoms with Crippen molar-refractivity contribution in [3.63, 3.8) is 0 Å². The van der Waals surface area contributed by atoms with Gasteiger partial charge in [0, 0.05) is 37.4 Å². The number of imidazole rings is 1. The van der Waals surface area contributed by atoms with Gasteiger partial charge < -0.3 is 14.0 Å². The monoisotopic (exact) mass is 1090 g/mol. The summed E-state index contributed by atoms with van der Waals surface area (Å²) in [6, 6.07) is 65.9. The number of hydrogen-bond acceptors (Lipinski definition) is 5. The summed E-state index contributed by atoms with van der Waals surface area (Å²) in [5.74, 6) is 1.18. The van der Waals surface area contributed by atoms with E-state index in [0.29, 0.717) is 5.65 Å². The van der Waals surface area contributed by atoms with Crippen LogP contribution in [0.15, 0.2) is 187 Å². The molecule has 0 bridgehead atoms. The average molecular weight is 1090 g/mol. The number of aromatic nitrogens is 5. The zero-order valence-corrected chi connectivity index (χ0v) is 43.3. The molecule has 6 nitrogen and oxygen atoms in total. The third kappa shape index (κ3) is 9.53. The van der Waals surface area contributed by atoms with E-state index in [1.165, 1.54) is 38.6 Å². The molecule has 7 aromatic carbocycles. The largest absolute Gasteiger partial charge is 0.501 e. The first-order valence-electron chi connectivity index (χ1n) is 23.4. The Kier molecular flexibility index (Phi) is 13.5. The van der Waals surface area contributed by atoms with E-state index in [1.807, 2.05) is 48.7 Å². The van der Waals surface area contributed by atoms with Crippen molar-refractivity contribution in [3.8, 4) is 61.7 Å². The van der Waals surface area contributed by atoms with E-state index in [-0.39, 0.29) is 31.9 Å². The van der Waals surface area contributed by atoms with Crippen LogP contribution >= 0.6 is 0 Å². The minimum atomic E-state index is -1.23. The van der Waals surface area contributed by atoms with Crippen LogP contribution in [0.2, 0.25) is 19.6 Å². The van der Waals surface area contributed by atoms with E-state index < -0.39 is 8.07 Å². The predicted molar refractivity (Wildman–Crippen MR) is 284 cm³/mol. The van der Waals surface area contributed by atoms with Gasteiger partial charge in [-0.25, -0.2) is 0 Å². The normalized spacial score (nSPS) is 11.6.